The molecule has 0 aromatic carbocycles. The zero-order valence-electron chi connectivity index (χ0n) is 10.7. The monoisotopic (exact) mass is 281 g/mol. The van der Waals surface area contributed by atoms with Crippen molar-refractivity contribution >= 4 is 22.2 Å². The summed E-state index contributed by atoms with van der Waals surface area (Å²) in [7, 11) is 0. The van der Waals surface area contributed by atoms with Gasteiger partial charge in [0.25, 0.3) is 11.5 Å². The summed E-state index contributed by atoms with van der Waals surface area (Å²) in [5.74, 6) is -0.475. The maximum absolute atomic E-state index is 12.1. The lowest BCUT2D eigenvalue weighted by molar-refractivity contribution is 0.0897. The minimum absolute atomic E-state index is 0.00177. The highest BCUT2D eigenvalue weighted by molar-refractivity contribution is 7.15. The summed E-state index contributed by atoms with van der Waals surface area (Å²) in [6, 6.07) is 0. The van der Waals surface area contributed by atoms with Gasteiger partial charge in [-0.15, -0.1) is 11.3 Å². The zero-order chi connectivity index (χ0) is 14.0. The molecule has 0 spiro atoms. The van der Waals surface area contributed by atoms with Crippen LogP contribution in [-0.4, -0.2) is 32.5 Å². The van der Waals surface area contributed by atoms with E-state index in [0.29, 0.717) is 11.4 Å². The van der Waals surface area contributed by atoms with Gasteiger partial charge in [0, 0.05) is 29.9 Å². The zero-order valence-corrected chi connectivity index (χ0v) is 11.5. The molecule has 2 heterocycles. The number of amides is 1. The topological polar surface area (TPSA) is 83.7 Å². The molecular weight excluding hydrogens is 266 g/mol. The molecule has 0 aliphatic rings. The van der Waals surface area contributed by atoms with E-state index in [0.717, 1.165) is 0 Å². The van der Waals surface area contributed by atoms with Gasteiger partial charge in [-0.05, 0) is 20.3 Å². The van der Waals surface area contributed by atoms with Crippen LogP contribution in [-0.2, 0) is 0 Å². The van der Waals surface area contributed by atoms with Gasteiger partial charge in [-0.3, -0.25) is 14.0 Å². The Balaban J connectivity index is 2.32. The SMILES string of the molecule is CC(C)(CCO)NC(=O)c1cnc2sccn2c1=O. The van der Waals surface area contributed by atoms with E-state index in [1.807, 2.05) is 0 Å². The number of thiazole rings is 1. The molecule has 19 heavy (non-hydrogen) atoms. The summed E-state index contributed by atoms with van der Waals surface area (Å²) >= 11 is 1.33. The lowest BCUT2D eigenvalue weighted by Crippen LogP contribution is -2.45. The Labute approximate surface area is 113 Å². The van der Waals surface area contributed by atoms with Gasteiger partial charge in [0.1, 0.15) is 5.56 Å². The molecule has 2 aromatic heterocycles. The first-order valence-corrected chi connectivity index (χ1v) is 6.71. The minimum Gasteiger partial charge on any atom is -0.396 e. The van der Waals surface area contributed by atoms with Crippen LogP contribution in [0.1, 0.15) is 30.6 Å². The van der Waals surface area contributed by atoms with Gasteiger partial charge >= 0.3 is 0 Å². The molecule has 6 nitrogen and oxygen atoms in total. The predicted molar refractivity (Wildman–Crippen MR) is 72.6 cm³/mol. The van der Waals surface area contributed by atoms with Crippen LogP contribution in [0.2, 0.25) is 0 Å². The fraction of sp³-hybridized carbons (Fsp3) is 0.417. The summed E-state index contributed by atoms with van der Waals surface area (Å²) in [4.78, 5) is 28.8. The van der Waals surface area contributed by atoms with Crippen molar-refractivity contribution in [3.63, 3.8) is 0 Å². The molecule has 0 fully saturated rings. The largest absolute Gasteiger partial charge is 0.396 e. The van der Waals surface area contributed by atoms with Gasteiger partial charge in [-0.2, -0.15) is 0 Å². The molecule has 0 saturated carbocycles. The number of hydrogen-bond acceptors (Lipinski definition) is 5. The van der Waals surface area contributed by atoms with Crippen molar-refractivity contribution in [2.45, 2.75) is 25.8 Å². The predicted octanol–water partition coefficient (Wildman–Crippen LogP) is 0.647. The number of nitrogens with zero attached hydrogens (tertiary/aromatic N) is 2. The maximum atomic E-state index is 12.1. The Kier molecular flexibility index (Phi) is 3.68. The number of aliphatic hydroxyl groups is 1. The van der Waals surface area contributed by atoms with Crippen LogP contribution < -0.4 is 10.9 Å². The van der Waals surface area contributed by atoms with Gasteiger partial charge in [0.15, 0.2) is 4.96 Å². The number of carbonyl (C=O) groups excluding carboxylic acids is 1. The molecular formula is C12H15N3O3S. The molecule has 102 valence electrons. The number of hydrogen-bond donors (Lipinski definition) is 2. The summed E-state index contributed by atoms with van der Waals surface area (Å²) in [6.07, 6.45) is 3.29. The van der Waals surface area contributed by atoms with E-state index >= 15 is 0 Å². The van der Waals surface area contributed by atoms with Crippen LogP contribution >= 0.6 is 11.3 Å². The van der Waals surface area contributed by atoms with Crippen LogP contribution in [0.3, 0.4) is 0 Å². The van der Waals surface area contributed by atoms with Crippen molar-refractivity contribution in [2.75, 3.05) is 6.61 Å². The van der Waals surface area contributed by atoms with Gasteiger partial charge in [0.2, 0.25) is 0 Å². The molecule has 0 atom stereocenters. The molecule has 2 rings (SSSR count). The van der Waals surface area contributed by atoms with Crippen LogP contribution in [0.5, 0.6) is 0 Å². The molecule has 0 unspecified atom stereocenters. The molecule has 0 saturated heterocycles. The van der Waals surface area contributed by atoms with Crippen LogP contribution in [0.15, 0.2) is 22.6 Å². The molecule has 2 aromatic rings. The van der Waals surface area contributed by atoms with E-state index in [9.17, 15) is 9.59 Å². The van der Waals surface area contributed by atoms with Crippen molar-refractivity contribution in [1.82, 2.24) is 14.7 Å². The maximum Gasteiger partial charge on any atom is 0.271 e. The number of aliphatic hydroxyl groups excluding tert-OH is 1. The first-order chi connectivity index (χ1) is 8.94. The van der Waals surface area contributed by atoms with E-state index in [2.05, 4.69) is 10.3 Å². The Morgan fingerprint density at radius 3 is 3.00 bits per heavy atom. The smallest absolute Gasteiger partial charge is 0.271 e. The summed E-state index contributed by atoms with van der Waals surface area (Å²) in [6.45, 7) is 3.54. The van der Waals surface area contributed by atoms with Crippen LogP contribution in [0, 0.1) is 0 Å². The lowest BCUT2D eigenvalue weighted by atomic mass is 10.0. The summed E-state index contributed by atoms with van der Waals surface area (Å²) in [5, 5.41) is 13.4. The van der Waals surface area contributed by atoms with Crippen LogP contribution in [0.25, 0.3) is 4.96 Å². The molecule has 0 aliphatic heterocycles. The lowest BCUT2D eigenvalue weighted by Gasteiger charge is -2.25. The second-order valence-corrected chi connectivity index (χ2v) is 5.72. The highest BCUT2D eigenvalue weighted by Gasteiger charge is 2.22. The first-order valence-electron chi connectivity index (χ1n) is 5.83. The van der Waals surface area contributed by atoms with Gasteiger partial charge in [-0.1, -0.05) is 0 Å². The van der Waals surface area contributed by atoms with E-state index in [4.69, 9.17) is 5.11 Å². The molecule has 0 bridgehead atoms. The number of nitrogens with one attached hydrogen (secondary N) is 1. The fourth-order valence-electron chi connectivity index (χ4n) is 1.70. The molecule has 7 heteroatoms. The van der Waals surface area contributed by atoms with Crippen molar-refractivity contribution < 1.29 is 9.90 Å². The van der Waals surface area contributed by atoms with E-state index < -0.39 is 11.4 Å². The Morgan fingerprint density at radius 2 is 2.32 bits per heavy atom. The number of aromatic nitrogens is 2. The van der Waals surface area contributed by atoms with Gasteiger partial charge < -0.3 is 10.4 Å². The highest BCUT2D eigenvalue weighted by Crippen LogP contribution is 2.09. The normalized spacial score (nSPS) is 11.7. The molecule has 0 radical (unpaired) electrons. The molecule has 0 aliphatic carbocycles. The third-order valence-corrected chi connectivity index (χ3v) is 3.55. The van der Waals surface area contributed by atoms with E-state index in [-0.39, 0.29) is 17.7 Å². The van der Waals surface area contributed by atoms with Crippen molar-refractivity contribution in [2.24, 2.45) is 0 Å². The Morgan fingerprint density at radius 1 is 1.58 bits per heavy atom. The van der Waals surface area contributed by atoms with Crippen LogP contribution in [0.4, 0.5) is 0 Å². The van der Waals surface area contributed by atoms with E-state index in [1.165, 1.54) is 21.9 Å². The third-order valence-electron chi connectivity index (χ3n) is 2.78. The fourth-order valence-corrected chi connectivity index (χ4v) is 2.37. The Bertz CT molecular complexity index is 660. The summed E-state index contributed by atoms with van der Waals surface area (Å²) in [5.41, 5.74) is -0.961. The van der Waals surface area contributed by atoms with Gasteiger partial charge in [0.05, 0.1) is 0 Å². The summed E-state index contributed by atoms with van der Waals surface area (Å²) < 4.78 is 1.35. The van der Waals surface area contributed by atoms with E-state index in [1.54, 1.807) is 25.4 Å². The second kappa shape index (κ2) is 5.10. The van der Waals surface area contributed by atoms with Gasteiger partial charge in [-0.25, -0.2) is 4.98 Å². The highest BCUT2D eigenvalue weighted by atomic mass is 32.1. The standard InChI is InChI=1S/C12H15N3O3S/c1-12(2,3-5-16)14-9(17)8-7-13-11-15(10(8)18)4-6-19-11/h4,6-7,16H,3,5H2,1-2H3,(H,14,17). The molecule has 1 amide bonds. The number of carbonyl (C=O) groups is 1. The minimum atomic E-state index is -0.577. The van der Waals surface area contributed by atoms with Crippen molar-refractivity contribution in [3.8, 4) is 0 Å². The second-order valence-electron chi connectivity index (χ2n) is 4.84. The quantitative estimate of drug-likeness (QED) is 0.861. The molecule has 2 N–H and O–H groups in total. The number of fused-ring (bicyclic) bond motifs is 1. The number of rotatable bonds is 4. The van der Waals surface area contributed by atoms with Crippen molar-refractivity contribution in [1.29, 1.82) is 0 Å². The third kappa shape index (κ3) is 2.82. The Hall–Kier alpha value is -1.73. The first kappa shape index (κ1) is 13.7. The average Bonchev–Trinajstić information content (AvgIpc) is 2.77. The average molecular weight is 281 g/mol. The van der Waals surface area contributed by atoms with Crippen molar-refractivity contribution in [3.05, 3.63) is 33.7 Å².